The highest BCUT2D eigenvalue weighted by Gasteiger charge is 2.08. The number of benzene rings is 1. The molecule has 1 atom stereocenters. The Labute approximate surface area is 104 Å². The van der Waals surface area contributed by atoms with Crippen LogP contribution in [-0.4, -0.2) is 14.2 Å². The van der Waals surface area contributed by atoms with Gasteiger partial charge in [0.15, 0.2) is 11.5 Å². The average molecular weight is 234 g/mol. The van der Waals surface area contributed by atoms with Gasteiger partial charge in [-0.3, -0.25) is 0 Å². The molecule has 0 amide bonds. The molecule has 0 saturated heterocycles. The molecule has 0 spiro atoms. The minimum absolute atomic E-state index is 0.498. The van der Waals surface area contributed by atoms with Gasteiger partial charge in [-0.15, -0.1) is 0 Å². The lowest BCUT2D eigenvalue weighted by atomic mass is 9.97. The van der Waals surface area contributed by atoms with Crippen molar-refractivity contribution in [1.82, 2.24) is 0 Å². The van der Waals surface area contributed by atoms with Gasteiger partial charge in [0.1, 0.15) is 0 Å². The standard InChI is InChI=1S/C15H22O2/c1-5-6-7-8-12(2)13-9-10-14(16-3)15(11-13)17-4/h6-7,9-12H,5,8H2,1-4H3/b7-6-. The first kappa shape index (κ1) is 13.6. The molecule has 0 aliphatic rings. The van der Waals surface area contributed by atoms with Crippen molar-refractivity contribution in [2.75, 3.05) is 14.2 Å². The van der Waals surface area contributed by atoms with Crippen LogP contribution in [0.4, 0.5) is 0 Å². The Bertz CT molecular complexity index is 369. The molecule has 1 aromatic rings. The van der Waals surface area contributed by atoms with Crippen molar-refractivity contribution in [1.29, 1.82) is 0 Å². The highest BCUT2D eigenvalue weighted by atomic mass is 16.5. The molecule has 0 saturated carbocycles. The molecular formula is C15H22O2. The summed E-state index contributed by atoms with van der Waals surface area (Å²) in [5, 5.41) is 0. The van der Waals surface area contributed by atoms with Gasteiger partial charge < -0.3 is 9.47 Å². The third-order valence-electron chi connectivity index (χ3n) is 2.87. The van der Waals surface area contributed by atoms with E-state index in [9.17, 15) is 0 Å². The van der Waals surface area contributed by atoms with Crippen molar-refractivity contribution in [3.8, 4) is 11.5 Å². The minimum Gasteiger partial charge on any atom is -0.493 e. The summed E-state index contributed by atoms with van der Waals surface area (Å²) in [5.41, 5.74) is 1.28. The molecular weight excluding hydrogens is 212 g/mol. The van der Waals surface area contributed by atoms with Gasteiger partial charge in [0.05, 0.1) is 14.2 Å². The smallest absolute Gasteiger partial charge is 0.160 e. The van der Waals surface area contributed by atoms with Gasteiger partial charge in [-0.25, -0.2) is 0 Å². The second kappa shape index (κ2) is 7.00. The van der Waals surface area contributed by atoms with E-state index in [1.165, 1.54) is 5.56 Å². The molecule has 0 fully saturated rings. The van der Waals surface area contributed by atoms with Crippen LogP contribution in [0.3, 0.4) is 0 Å². The molecule has 1 aromatic carbocycles. The van der Waals surface area contributed by atoms with Crippen molar-refractivity contribution in [2.24, 2.45) is 0 Å². The SMILES string of the molecule is CC/C=C\CC(C)c1ccc(OC)c(OC)c1. The van der Waals surface area contributed by atoms with E-state index in [1.54, 1.807) is 14.2 Å². The quantitative estimate of drug-likeness (QED) is 0.688. The summed E-state index contributed by atoms with van der Waals surface area (Å²) in [4.78, 5) is 0. The summed E-state index contributed by atoms with van der Waals surface area (Å²) in [6.45, 7) is 4.37. The van der Waals surface area contributed by atoms with Gasteiger partial charge in [0, 0.05) is 0 Å². The summed E-state index contributed by atoms with van der Waals surface area (Å²) in [6.07, 6.45) is 6.60. The van der Waals surface area contributed by atoms with Crippen molar-refractivity contribution in [3.05, 3.63) is 35.9 Å². The van der Waals surface area contributed by atoms with E-state index in [1.807, 2.05) is 6.07 Å². The van der Waals surface area contributed by atoms with E-state index in [-0.39, 0.29) is 0 Å². The van der Waals surface area contributed by atoms with E-state index < -0.39 is 0 Å². The lowest BCUT2D eigenvalue weighted by Gasteiger charge is -2.13. The fourth-order valence-electron chi connectivity index (χ4n) is 1.76. The molecule has 94 valence electrons. The molecule has 0 aliphatic heterocycles. The van der Waals surface area contributed by atoms with Gasteiger partial charge in [0.2, 0.25) is 0 Å². The van der Waals surface area contributed by atoms with Crippen molar-refractivity contribution in [3.63, 3.8) is 0 Å². The molecule has 0 bridgehead atoms. The molecule has 2 heteroatoms. The Balaban J connectivity index is 2.80. The molecule has 0 N–H and O–H groups in total. The summed E-state index contributed by atoms with van der Waals surface area (Å²) >= 11 is 0. The van der Waals surface area contributed by atoms with Gasteiger partial charge in [-0.1, -0.05) is 32.1 Å². The first-order valence-corrected chi connectivity index (χ1v) is 6.09. The van der Waals surface area contributed by atoms with Crippen LogP contribution in [0.5, 0.6) is 11.5 Å². The van der Waals surface area contributed by atoms with Crippen LogP contribution >= 0.6 is 0 Å². The predicted octanol–water partition coefficient (Wildman–Crippen LogP) is 4.16. The zero-order valence-corrected chi connectivity index (χ0v) is 11.2. The minimum atomic E-state index is 0.498. The summed E-state index contributed by atoms with van der Waals surface area (Å²) in [7, 11) is 3.33. The largest absolute Gasteiger partial charge is 0.493 e. The molecule has 2 nitrogen and oxygen atoms in total. The number of rotatable bonds is 6. The van der Waals surface area contributed by atoms with Gasteiger partial charge in [0.25, 0.3) is 0 Å². The van der Waals surface area contributed by atoms with Crippen molar-refractivity contribution in [2.45, 2.75) is 32.6 Å². The fourth-order valence-corrected chi connectivity index (χ4v) is 1.76. The van der Waals surface area contributed by atoms with E-state index in [0.29, 0.717) is 5.92 Å². The molecule has 0 radical (unpaired) electrons. The first-order valence-electron chi connectivity index (χ1n) is 6.09. The van der Waals surface area contributed by atoms with Crippen LogP contribution in [0, 0.1) is 0 Å². The molecule has 1 unspecified atom stereocenters. The summed E-state index contributed by atoms with van der Waals surface area (Å²) < 4.78 is 10.5. The molecule has 0 aliphatic carbocycles. The first-order chi connectivity index (χ1) is 8.22. The lowest BCUT2D eigenvalue weighted by molar-refractivity contribution is 0.354. The summed E-state index contributed by atoms with van der Waals surface area (Å²) in [5.74, 6) is 2.08. The lowest BCUT2D eigenvalue weighted by Crippen LogP contribution is -1.95. The van der Waals surface area contributed by atoms with Gasteiger partial charge in [-0.05, 0) is 36.5 Å². The van der Waals surface area contributed by atoms with E-state index >= 15 is 0 Å². The number of methoxy groups -OCH3 is 2. The van der Waals surface area contributed by atoms with Gasteiger partial charge >= 0.3 is 0 Å². The van der Waals surface area contributed by atoms with Crippen LogP contribution < -0.4 is 9.47 Å². The average Bonchev–Trinajstić information content (AvgIpc) is 2.38. The third-order valence-corrected chi connectivity index (χ3v) is 2.87. The van der Waals surface area contributed by atoms with Crippen LogP contribution in [0.2, 0.25) is 0 Å². The maximum atomic E-state index is 5.31. The van der Waals surface area contributed by atoms with E-state index in [0.717, 1.165) is 24.3 Å². The summed E-state index contributed by atoms with van der Waals surface area (Å²) in [6, 6.07) is 6.13. The number of allylic oxidation sites excluding steroid dienone is 2. The van der Waals surface area contributed by atoms with E-state index in [2.05, 4.69) is 38.1 Å². The zero-order chi connectivity index (χ0) is 12.7. The van der Waals surface area contributed by atoms with Crippen LogP contribution in [0.25, 0.3) is 0 Å². The highest BCUT2D eigenvalue weighted by Crippen LogP contribution is 2.31. The molecule has 17 heavy (non-hydrogen) atoms. The monoisotopic (exact) mass is 234 g/mol. The highest BCUT2D eigenvalue weighted by molar-refractivity contribution is 5.43. The Morgan fingerprint density at radius 2 is 1.82 bits per heavy atom. The zero-order valence-electron chi connectivity index (χ0n) is 11.2. The second-order valence-corrected chi connectivity index (χ2v) is 4.13. The number of ether oxygens (including phenoxy) is 2. The number of hydrogen-bond acceptors (Lipinski definition) is 2. The Morgan fingerprint density at radius 3 is 2.41 bits per heavy atom. The maximum Gasteiger partial charge on any atom is 0.160 e. The predicted molar refractivity (Wildman–Crippen MR) is 72.0 cm³/mol. The molecule has 0 heterocycles. The van der Waals surface area contributed by atoms with Crippen molar-refractivity contribution < 1.29 is 9.47 Å². The molecule has 1 rings (SSSR count). The van der Waals surface area contributed by atoms with E-state index in [4.69, 9.17) is 9.47 Å². The number of hydrogen-bond donors (Lipinski definition) is 0. The van der Waals surface area contributed by atoms with Gasteiger partial charge in [-0.2, -0.15) is 0 Å². The fraction of sp³-hybridized carbons (Fsp3) is 0.467. The Hall–Kier alpha value is -1.44. The van der Waals surface area contributed by atoms with Crippen LogP contribution in [0.15, 0.2) is 30.4 Å². The second-order valence-electron chi connectivity index (χ2n) is 4.13. The Kier molecular flexibility index (Phi) is 5.61. The van der Waals surface area contributed by atoms with Crippen molar-refractivity contribution >= 4 is 0 Å². The maximum absolute atomic E-state index is 5.31. The normalized spacial score (nSPS) is 12.7. The van der Waals surface area contributed by atoms with Crippen LogP contribution in [-0.2, 0) is 0 Å². The third kappa shape index (κ3) is 3.81. The Morgan fingerprint density at radius 1 is 1.12 bits per heavy atom. The molecule has 0 aromatic heterocycles. The topological polar surface area (TPSA) is 18.5 Å². The van der Waals surface area contributed by atoms with Crippen LogP contribution in [0.1, 0.15) is 38.2 Å².